The predicted molar refractivity (Wildman–Crippen MR) is 74.2 cm³/mol. The number of phenolic OH excluding ortho intramolecular Hbond substituents is 2. The maximum atomic E-state index is 9.63. The van der Waals surface area contributed by atoms with Crippen molar-refractivity contribution in [2.75, 3.05) is 13.1 Å². The number of benzene rings is 1. The maximum Gasteiger partial charge on any atom is 0.234 e. The molecule has 6 nitrogen and oxygen atoms in total. The van der Waals surface area contributed by atoms with Gasteiger partial charge in [0.1, 0.15) is 0 Å². The van der Waals surface area contributed by atoms with Gasteiger partial charge in [-0.1, -0.05) is 25.0 Å². The Balaban J connectivity index is 0.000000388. The first-order valence-corrected chi connectivity index (χ1v) is 6.26. The molecule has 1 aromatic rings. The summed E-state index contributed by atoms with van der Waals surface area (Å²) in [5.74, 6) is -0.153. The highest BCUT2D eigenvalue weighted by molar-refractivity contribution is 5.36. The zero-order valence-electron chi connectivity index (χ0n) is 11.2. The monoisotopic (exact) mass is 278 g/mol. The van der Waals surface area contributed by atoms with E-state index < -0.39 is 0 Å². The highest BCUT2D eigenvalue weighted by Crippen LogP contribution is 2.21. The zero-order chi connectivity index (χ0) is 15.1. The van der Waals surface area contributed by atoms with E-state index in [2.05, 4.69) is 9.98 Å². The van der Waals surface area contributed by atoms with Crippen molar-refractivity contribution in [3.05, 3.63) is 24.3 Å². The van der Waals surface area contributed by atoms with Crippen LogP contribution < -0.4 is 0 Å². The van der Waals surface area contributed by atoms with Crippen molar-refractivity contribution in [3.63, 3.8) is 0 Å². The molecule has 0 radical (unpaired) electrons. The summed E-state index contributed by atoms with van der Waals surface area (Å²) in [6, 6.07) is 6.15. The predicted octanol–water partition coefficient (Wildman–Crippen LogP) is 2.32. The number of isocyanates is 2. The Bertz CT molecular complexity index is 421. The quantitative estimate of drug-likeness (QED) is 0.346. The van der Waals surface area contributed by atoms with Crippen LogP contribution in [0.2, 0.25) is 0 Å². The topological polar surface area (TPSA) is 99.3 Å². The van der Waals surface area contributed by atoms with Crippen molar-refractivity contribution in [3.8, 4) is 11.5 Å². The van der Waals surface area contributed by atoms with E-state index >= 15 is 0 Å². The van der Waals surface area contributed by atoms with Crippen LogP contribution in [0.3, 0.4) is 0 Å². The van der Waals surface area contributed by atoms with Gasteiger partial charge in [-0.3, -0.25) is 0 Å². The minimum absolute atomic E-state index is 0.0764. The molecule has 0 aliphatic heterocycles. The fourth-order valence-corrected chi connectivity index (χ4v) is 1.29. The number of aliphatic imine (C=N–C) groups is 2. The fraction of sp³-hybridized carbons (Fsp3) is 0.429. The average molecular weight is 278 g/mol. The van der Waals surface area contributed by atoms with Crippen LogP contribution in [-0.2, 0) is 9.59 Å². The number of carbonyl (C=O) groups excluding carboxylic acids is 2. The summed E-state index contributed by atoms with van der Waals surface area (Å²) in [6.45, 7) is 1.11. The first-order valence-electron chi connectivity index (χ1n) is 6.26. The van der Waals surface area contributed by atoms with Gasteiger partial charge in [0.2, 0.25) is 12.2 Å². The van der Waals surface area contributed by atoms with Gasteiger partial charge in [0, 0.05) is 0 Å². The lowest BCUT2D eigenvalue weighted by Gasteiger charge is -1.93. The number of unbranched alkanes of at least 4 members (excludes halogenated alkanes) is 3. The molecule has 20 heavy (non-hydrogen) atoms. The molecule has 0 atom stereocenters. The number of rotatable bonds is 7. The Morgan fingerprint density at radius 1 is 0.800 bits per heavy atom. The number of aromatic hydroxyl groups is 2. The largest absolute Gasteiger partial charge is 0.504 e. The molecule has 0 aliphatic rings. The van der Waals surface area contributed by atoms with E-state index in [0.717, 1.165) is 25.7 Å². The molecule has 0 saturated carbocycles. The van der Waals surface area contributed by atoms with Crippen LogP contribution in [-0.4, -0.2) is 35.5 Å². The molecule has 0 unspecified atom stereocenters. The molecule has 6 heteroatoms. The molecular weight excluding hydrogens is 260 g/mol. The van der Waals surface area contributed by atoms with Gasteiger partial charge in [0.05, 0.1) is 13.1 Å². The molecule has 0 heterocycles. The molecule has 0 fully saturated rings. The number of phenols is 2. The van der Waals surface area contributed by atoms with Crippen molar-refractivity contribution in [2.45, 2.75) is 25.7 Å². The number of para-hydroxylation sites is 2. The van der Waals surface area contributed by atoms with Crippen LogP contribution in [0.4, 0.5) is 0 Å². The van der Waals surface area contributed by atoms with E-state index in [4.69, 9.17) is 10.2 Å². The minimum Gasteiger partial charge on any atom is -0.504 e. The third-order valence-corrected chi connectivity index (χ3v) is 2.30. The van der Waals surface area contributed by atoms with Crippen molar-refractivity contribution in [2.24, 2.45) is 9.98 Å². The van der Waals surface area contributed by atoms with Gasteiger partial charge in [0.15, 0.2) is 11.5 Å². The fourth-order valence-electron chi connectivity index (χ4n) is 1.29. The smallest absolute Gasteiger partial charge is 0.234 e. The third-order valence-electron chi connectivity index (χ3n) is 2.30. The molecule has 0 spiro atoms. The van der Waals surface area contributed by atoms with Crippen LogP contribution >= 0.6 is 0 Å². The first-order chi connectivity index (χ1) is 9.72. The zero-order valence-corrected chi connectivity index (χ0v) is 11.2. The molecule has 0 aliphatic carbocycles. The Morgan fingerprint density at radius 3 is 1.50 bits per heavy atom. The summed E-state index contributed by atoms with van der Waals surface area (Å²) < 4.78 is 0. The van der Waals surface area contributed by atoms with Crippen LogP contribution in [0, 0.1) is 0 Å². The SMILES string of the molecule is O=C=NCCCCCCN=C=O.Oc1ccccc1O. The Morgan fingerprint density at radius 2 is 1.20 bits per heavy atom. The normalized spacial score (nSPS) is 8.60. The van der Waals surface area contributed by atoms with E-state index in [1.54, 1.807) is 12.1 Å². The lowest BCUT2D eigenvalue weighted by Crippen LogP contribution is -1.84. The number of hydrogen-bond donors (Lipinski definition) is 2. The van der Waals surface area contributed by atoms with Crippen LogP contribution in [0.5, 0.6) is 11.5 Å². The molecule has 0 saturated heterocycles. The number of nitrogens with zero attached hydrogens (tertiary/aromatic N) is 2. The summed E-state index contributed by atoms with van der Waals surface area (Å²) in [5.41, 5.74) is 0. The molecule has 0 amide bonds. The van der Waals surface area contributed by atoms with Crippen molar-refractivity contribution < 1.29 is 19.8 Å². The molecular formula is C14H18N2O4. The summed E-state index contributed by atoms with van der Waals surface area (Å²) in [6.07, 6.45) is 6.80. The van der Waals surface area contributed by atoms with Gasteiger partial charge in [0.25, 0.3) is 0 Å². The Kier molecular flexibility index (Phi) is 11.4. The van der Waals surface area contributed by atoms with Crippen LogP contribution in [0.1, 0.15) is 25.7 Å². The van der Waals surface area contributed by atoms with Gasteiger partial charge in [-0.05, 0) is 25.0 Å². The van der Waals surface area contributed by atoms with Crippen LogP contribution in [0.25, 0.3) is 0 Å². The van der Waals surface area contributed by atoms with Crippen LogP contribution in [0.15, 0.2) is 34.3 Å². The molecule has 1 aromatic carbocycles. The second kappa shape index (κ2) is 13.0. The second-order valence-corrected chi connectivity index (χ2v) is 3.85. The van der Waals surface area contributed by atoms with Crippen molar-refractivity contribution in [1.29, 1.82) is 0 Å². The summed E-state index contributed by atoms with van der Waals surface area (Å²) in [4.78, 5) is 26.1. The lowest BCUT2D eigenvalue weighted by molar-refractivity contribution is 0.404. The lowest BCUT2D eigenvalue weighted by atomic mass is 10.2. The Labute approximate surface area is 117 Å². The van der Waals surface area contributed by atoms with Gasteiger partial charge < -0.3 is 10.2 Å². The Hall–Kier alpha value is -2.42. The van der Waals surface area contributed by atoms with Gasteiger partial charge >= 0.3 is 0 Å². The third kappa shape index (κ3) is 10.7. The summed E-state index contributed by atoms with van der Waals surface area (Å²) in [7, 11) is 0. The summed E-state index contributed by atoms with van der Waals surface area (Å²) >= 11 is 0. The van der Waals surface area contributed by atoms with Gasteiger partial charge in [-0.25, -0.2) is 19.6 Å². The van der Waals surface area contributed by atoms with E-state index in [1.807, 2.05) is 0 Å². The molecule has 108 valence electrons. The highest BCUT2D eigenvalue weighted by atomic mass is 16.3. The molecule has 1 rings (SSSR count). The molecule has 2 N–H and O–H groups in total. The number of hydrogen-bond acceptors (Lipinski definition) is 6. The second-order valence-electron chi connectivity index (χ2n) is 3.85. The molecule has 0 bridgehead atoms. The standard InChI is InChI=1S/C8H12N2O2.C6H6O2/c11-7-9-5-3-1-2-4-6-10-8-12;7-5-3-1-2-4-6(5)8/h1-6H2;1-4,7-8H. The average Bonchev–Trinajstić information content (AvgIpc) is 2.46. The van der Waals surface area contributed by atoms with E-state index in [-0.39, 0.29) is 11.5 Å². The van der Waals surface area contributed by atoms with E-state index in [0.29, 0.717) is 13.1 Å². The van der Waals surface area contributed by atoms with Gasteiger partial charge in [-0.2, -0.15) is 0 Å². The minimum atomic E-state index is -0.0764. The van der Waals surface area contributed by atoms with Crippen molar-refractivity contribution >= 4 is 12.2 Å². The molecule has 0 aromatic heterocycles. The summed E-state index contributed by atoms with van der Waals surface area (Å²) in [5, 5.41) is 17.3. The highest BCUT2D eigenvalue weighted by Gasteiger charge is 1.90. The van der Waals surface area contributed by atoms with Gasteiger partial charge in [-0.15, -0.1) is 0 Å². The maximum absolute atomic E-state index is 9.63. The van der Waals surface area contributed by atoms with Crippen molar-refractivity contribution in [1.82, 2.24) is 0 Å². The van der Waals surface area contributed by atoms with E-state index in [9.17, 15) is 9.59 Å². The first kappa shape index (κ1) is 17.6. The van der Waals surface area contributed by atoms with E-state index in [1.165, 1.54) is 24.3 Å².